The molecule has 1 saturated heterocycles. The van der Waals surface area contributed by atoms with Crippen molar-refractivity contribution in [1.29, 1.82) is 0 Å². The predicted molar refractivity (Wildman–Crippen MR) is 190 cm³/mol. The van der Waals surface area contributed by atoms with E-state index in [9.17, 15) is 19.5 Å². The molecule has 4 heterocycles. The number of imidazole rings is 1. The van der Waals surface area contributed by atoms with Crippen molar-refractivity contribution in [2.45, 2.75) is 51.7 Å². The molecule has 0 bridgehead atoms. The summed E-state index contributed by atoms with van der Waals surface area (Å²) in [5, 5.41) is 10.5. The maximum atomic E-state index is 13.1. The molecule has 0 radical (unpaired) electrons. The molecular formula is C38H38N6O4. The van der Waals surface area contributed by atoms with E-state index in [2.05, 4.69) is 39.1 Å². The minimum Gasteiger partial charge on any atom is -0.465 e. The Hall–Kier alpha value is -5.48. The average molecular weight is 643 g/mol. The van der Waals surface area contributed by atoms with E-state index >= 15 is 0 Å². The summed E-state index contributed by atoms with van der Waals surface area (Å²) in [5.41, 5.74) is 6.54. The molecule has 244 valence electrons. The van der Waals surface area contributed by atoms with Gasteiger partial charge in [-0.3, -0.25) is 19.2 Å². The number of anilines is 1. The maximum absolute atomic E-state index is 13.1. The van der Waals surface area contributed by atoms with Gasteiger partial charge in [0.05, 0.1) is 27.6 Å². The Balaban J connectivity index is 1.09. The van der Waals surface area contributed by atoms with Gasteiger partial charge in [-0.15, -0.1) is 0 Å². The summed E-state index contributed by atoms with van der Waals surface area (Å²) in [5.74, 6) is 0. The zero-order valence-corrected chi connectivity index (χ0v) is 27.2. The highest BCUT2D eigenvalue weighted by Crippen LogP contribution is 2.34. The second-order valence-corrected chi connectivity index (χ2v) is 13.5. The fourth-order valence-electron chi connectivity index (χ4n) is 6.93. The Labute approximate surface area is 277 Å². The van der Waals surface area contributed by atoms with Crippen LogP contribution in [0.25, 0.3) is 44.3 Å². The van der Waals surface area contributed by atoms with Crippen molar-refractivity contribution < 1.29 is 9.90 Å². The van der Waals surface area contributed by atoms with Crippen LogP contribution >= 0.6 is 0 Å². The van der Waals surface area contributed by atoms with Crippen LogP contribution in [0.1, 0.15) is 45.2 Å². The van der Waals surface area contributed by atoms with Crippen LogP contribution in [0, 0.1) is 0 Å². The van der Waals surface area contributed by atoms with Gasteiger partial charge in [0.15, 0.2) is 0 Å². The van der Waals surface area contributed by atoms with Crippen LogP contribution in [-0.2, 0) is 6.54 Å². The summed E-state index contributed by atoms with van der Waals surface area (Å²) in [7, 11) is 0. The monoisotopic (exact) mass is 642 g/mol. The first kappa shape index (κ1) is 31.1. The molecule has 3 aromatic carbocycles. The average Bonchev–Trinajstić information content (AvgIpc) is 3.39. The molecule has 1 aliphatic rings. The highest BCUT2D eigenvalue weighted by Gasteiger charge is 2.29. The number of carboxylic acid groups (broad SMARTS) is 1. The van der Waals surface area contributed by atoms with E-state index in [0.717, 1.165) is 60.4 Å². The minimum absolute atomic E-state index is 0.00987. The quantitative estimate of drug-likeness (QED) is 0.179. The summed E-state index contributed by atoms with van der Waals surface area (Å²) in [6.45, 7) is 7.99. The molecular weight excluding hydrogens is 604 g/mol. The Morgan fingerprint density at radius 3 is 2.35 bits per heavy atom. The zero-order chi connectivity index (χ0) is 33.6. The van der Waals surface area contributed by atoms with Crippen LogP contribution in [0.15, 0.2) is 101 Å². The first-order chi connectivity index (χ1) is 23.1. The smallest absolute Gasteiger partial charge is 0.412 e. The number of likely N-dealkylation sites (tertiary alicyclic amines) is 1. The van der Waals surface area contributed by atoms with E-state index in [1.165, 1.54) is 10.5 Å². The van der Waals surface area contributed by atoms with Crippen LogP contribution in [0.2, 0.25) is 0 Å². The van der Waals surface area contributed by atoms with Crippen molar-refractivity contribution in [3.05, 3.63) is 118 Å². The summed E-state index contributed by atoms with van der Waals surface area (Å²) in [6.07, 6.45) is 2.20. The fraction of sp³-hybridized carbons (Fsp3) is 0.263. The van der Waals surface area contributed by atoms with Crippen molar-refractivity contribution in [2.75, 3.05) is 18.0 Å². The van der Waals surface area contributed by atoms with Gasteiger partial charge >= 0.3 is 11.8 Å². The summed E-state index contributed by atoms with van der Waals surface area (Å²) in [6, 6.07) is 27.6. The van der Waals surface area contributed by atoms with Gasteiger partial charge < -0.3 is 15.1 Å². The van der Waals surface area contributed by atoms with Crippen molar-refractivity contribution in [2.24, 2.45) is 0 Å². The number of aromatic nitrogens is 4. The highest BCUT2D eigenvalue weighted by atomic mass is 16.4. The van der Waals surface area contributed by atoms with Crippen molar-refractivity contribution in [3.8, 4) is 22.4 Å². The fourth-order valence-corrected chi connectivity index (χ4v) is 6.93. The highest BCUT2D eigenvalue weighted by molar-refractivity contribution is 5.92. The SMILES string of the molecule is CC(C)(C)N(C(=O)O)c1ccc2[nH]c(=O)n(C3CCN(Cc4ccc(-c5nc6cc[nH]c(=O)c6cc5-c5ccccc5)cc4)CC3)c2c1. The third-order valence-corrected chi connectivity index (χ3v) is 9.21. The zero-order valence-electron chi connectivity index (χ0n) is 27.2. The number of amides is 1. The van der Waals surface area contributed by atoms with Crippen LogP contribution in [-0.4, -0.2) is 54.2 Å². The topological polar surface area (TPSA) is 127 Å². The molecule has 1 fully saturated rings. The number of H-pyrrole nitrogens is 2. The molecule has 1 amide bonds. The lowest BCUT2D eigenvalue weighted by molar-refractivity contribution is 0.180. The number of benzene rings is 3. The Morgan fingerprint density at radius 1 is 0.938 bits per heavy atom. The number of carbonyl (C=O) groups is 1. The first-order valence-electron chi connectivity index (χ1n) is 16.2. The van der Waals surface area contributed by atoms with Gasteiger partial charge in [0.2, 0.25) is 0 Å². The van der Waals surface area contributed by atoms with E-state index in [4.69, 9.17) is 4.98 Å². The van der Waals surface area contributed by atoms with Gasteiger partial charge in [-0.25, -0.2) is 14.6 Å². The molecule has 7 rings (SSSR count). The molecule has 0 atom stereocenters. The minimum atomic E-state index is -1.03. The molecule has 0 aliphatic carbocycles. The number of hydrogen-bond acceptors (Lipinski definition) is 5. The molecule has 3 N–H and O–H groups in total. The first-order valence-corrected chi connectivity index (χ1v) is 16.2. The molecule has 3 aromatic heterocycles. The number of nitrogens with one attached hydrogen (secondary N) is 2. The number of aromatic amines is 2. The van der Waals surface area contributed by atoms with E-state index in [1.807, 2.05) is 73.9 Å². The standard InChI is InChI=1S/C38H38N6O4/c1-38(2,3)44(37(47)48)28-13-14-32-33(21-28)43(36(46)41-32)27-16-19-42(20-17-27)23-24-9-11-26(12-10-24)34-29(25-7-5-4-6-8-25)22-30-31(40-34)15-18-39-35(30)45/h4-15,18,21-22,27H,16-17,19-20,23H2,1-3H3,(H,39,45)(H,41,46)(H,47,48). The number of pyridine rings is 2. The number of piperidine rings is 1. The van der Waals surface area contributed by atoms with E-state index < -0.39 is 11.6 Å². The lowest BCUT2D eigenvalue weighted by atomic mass is 9.97. The van der Waals surface area contributed by atoms with Crippen LogP contribution in [0.5, 0.6) is 0 Å². The van der Waals surface area contributed by atoms with Gasteiger partial charge in [0.25, 0.3) is 5.56 Å². The normalized spacial score (nSPS) is 14.5. The van der Waals surface area contributed by atoms with Gasteiger partial charge in [-0.05, 0) is 75.1 Å². The van der Waals surface area contributed by atoms with Crippen molar-refractivity contribution in [3.63, 3.8) is 0 Å². The van der Waals surface area contributed by atoms with Crippen LogP contribution in [0.3, 0.4) is 0 Å². The van der Waals surface area contributed by atoms with Gasteiger partial charge in [-0.2, -0.15) is 0 Å². The third-order valence-electron chi connectivity index (χ3n) is 9.21. The third kappa shape index (κ3) is 5.91. The molecule has 10 heteroatoms. The largest absolute Gasteiger partial charge is 0.465 e. The van der Waals surface area contributed by atoms with E-state index in [-0.39, 0.29) is 17.3 Å². The Bertz CT molecular complexity index is 2240. The predicted octanol–water partition coefficient (Wildman–Crippen LogP) is 7.02. The van der Waals surface area contributed by atoms with Gasteiger partial charge in [-0.1, -0.05) is 54.6 Å². The maximum Gasteiger partial charge on any atom is 0.412 e. The Morgan fingerprint density at radius 2 is 1.67 bits per heavy atom. The lowest BCUT2D eigenvalue weighted by Crippen LogP contribution is -2.45. The molecule has 48 heavy (non-hydrogen) atoms. The molecule has 0 spiro atoms. The second-order valence-electron chi connectivity index (χ2n) is 13.5. The van der Waals surface area contributed by atoms with Gasteiger partial charge in [0, 0.05) is 54.2 Å². The second kappa shape index (κ2) is 12.3. The molecule has 10 nitrogen and oxygen atoms in total. The lowest BCUT2D eigenvalue weighted by Gasteiger charge is -2.34. The molecule has 6 aromatic rings. The Kier molecular flexibility index (Phi) is 7.96. The van der Waals surface area contributed by atoms with Crippen molar-refractivity contribution in [1.82, 2.24) is 24.4 Å². The summed E-state index contributed by atoms with van der Waals surface area (Å²) < 4.78 is 1.81. The van der Waals surface area contributed by atoms with Crippen LogP contribution < -0.4 is 16.1 Å². The van der Waals surface area contributed by atoms with Crippen molar-refractivity contribution >= 4 is 33.7 Å². The summed E-state index contributed by atoms with van der Waals surface area (Å²) in [4.78, 5) is 52.2. The van der Waals surface area contributed by atoms with E-state index in [0.29, 0.717) is 22.1 Å². The number of rotatable bonds is 6. The number of nitrogens with zero attached hydrogens (tertiary/aromatic N) is 4. The number of hydrogen-bond donors (Lipinski definition) is 3. The van der Waals surface area contributed by atoms with E-state index in [1.54, 1.807) is 18.3 Å². The summed E-state index contributed by atoms with van der Waals surface area (Å²) >= 11 is 0. The molecule has 0 unspecified atom stereocenters. The van der Waals surface area contributed by atoms with Gasteiger partial charge in [0.1, 0.15) is 0 Å². The van der Waals surface area contributed by atoms with Crippen LogP contribution in [0.4, 0.5) is 10.5 Å². The molecule has 1 aliphatic heterocycles. The number of fused-ring (bicyclic) bond motifs is 2. The molecule has 0 saturated carbocycles.